The van der Waals surface area contributed by atoms with Gasteiger partial charge in [-0.2, -0.15) is 5.21 Å². The van der Waals surface area contributed by atoms with Gasteiger partial charge in [-0.05, 0) is 6.07 Å². The van der Waals surface area contributed by atoms with Gasteiger partial charge < -0.3 is 10.3 Å². The van der Waals surface area contributed by atoms with Crippen molar-refractivity contribution in [2.75, 3.05) is 0 Å². The van der Waals surface area contributed by atoms with Crippen molar-refractivity contribution >= 4 is 15.9 Å². The molecule has 2 aromatic heterocycles. The van der Waals surface area contributed by atoms with Crippen LogP contribution >= 0.6 is 0 Å². The van der Waals surface area contributed by atoms with E-state index in [4.69, 9.17) is 5.73 Å². The first-order chi connectivity index (χ1) is 8.90. The zero-order valence-corrected chi connectivity index (χ0v) is 10.7. The summed E-state index contributed by atoms with van der Waals surface area (Å²) in [6.07, 6.45) is 1.29. The molecule has 2 heterocycles. The van der Waals surface area contributed by atoms with Crippen LogP contribution in [0.2, 0.25) is 0 Å². The van der Waals surface area contributed by atoms with Gasteiger partial charge in [-0.1, -0.05) is 5.21 Å². The minimum atomic E-state index is -3.77. The Labute approximate surface area is 108 Å². The van der Waals surface area contributed by atoms with E-state index in [-0.39, 0.29) is 23.0 Å². The molecule has 0 saturated carbocycles. The molecule has 0 saturated heterocycles. The number of sulfonamides is 1. The third-order valence-electron chi connectivity index (χ3n) is 2.35. The van der Waals surface area contributed by atoms with Crippen molar-refractivity contribution in [2.45, 2.75) is 11.4 Å². The minimum absolute atomic E-state index is 0.0627. The number of nitrogens with two attached hydrogens (primary N) is 1. The van der Waals surface area contributed by atoms with Gasteiger partial charge >= 0.3 is 0 Å². The second-order valence-electron chi connectivity index (χ2n) is 3.69. The zero-order valence-electron chi connectivity index (χ0n) is 9.86. The van der Waals surface area contributed by atoms with Crippen LogP contribution in [0.15, 0.2) is 17.2 Å². The molecule has 0 bridgehead atoms. The molecule has 2 rings (SSSR count). The molecule has 0 aliphatic heterocycles. The lowest BCUT2D eigenvalue weighted by atomic mass is 10.4. The number of carbonyl (C=O) groups is 1. The summed E-state index contributed by atoms with van der Waals surface area (Å²) in [5.41, 5.74) is 5.21. The summed E-state index contributed by atoms with van der Waals surface area (Å²) in [7, 11) is -2.25. The molecule has 0 aromatic carbocycles. The quantitative estimate of drug-likeness (QED) is 0.585. The molecule has 0 radical (unpaired) electrons. The lowest BCUT2D eigenvalue weighted by Crippen LogP contribution is -2.23. The van der Waals surface area contributed by atoms with E-state index in [1.807, 2.05) is 0 Å². The summed E-state index contributed by atoms with van der Waals surface area (Å²) in [4.78, 5) is 11.0. The fourth-order valence-corrected chi connectivity index (χ4v) is 2.48. The molecule has 19 heavy (non-hydrogen) atoms. The van der Waals surface area contributed by atoms with Gasteiger partial charge in [0.25, 0.3) is 5.91 Å². The van der Waals surface area contributed by atoms with Gasteiger partial charge in [0.1, 0.15) is 10.6 Å². The Hall–Kier alpha value is -2.27. The molecule has 0 unspecified atom stereocenters. The first-order valence-electron chi connectivity index (χ1n) is 5.08. The van der Waals surface area contributed by atoms with Crippen molar-refractivity contribution in [3.8, 4) is 0 Å². The summed E-state index contributed by atoms with van der Waals surface area (Å²) < 4.78 is 27.5. The predicted molar refractivity (Wildman–Crippen MR) is 62.1 cm³/mol. The van der Waals surface area contributed by atoms with Crippen LogP contribution in [0, 0.1) is 0 Å². The molecule has 0 atom stereocenters. The number of H-pyrrole nitrogens is 1. The SMILES string of the molecule is Cn1cc(S(=O)(=O)NCc2nn[nH]n2)cc1C(N)=O. The van der Waals surface area contributed by atoms with Crippen LogP contribution in [0.4, 0.5) is 0 Å². The number of hydrogen-bond acceptors (Lipinski definition) is 6. The number of tetrazole rings is 1. The number of rotatable bonds is 5. The fraction of sp³-hybridized carbons (Fsp3) is 0.250. The van der Waals surface area contributed by atoms with E-state index in [2.05, 4.69) is 25.3 Å². The number of carbonyl (C=O) groups excluding carboxylic acids is 1. The number of hydrogen-bond donors (Lipinski definition) is 3. The Morgan fingerprint density at radius 1 is 1.58 bits per heavy atom. The predicted octanol–water partition coefficient (Wildman–Crippen LogP) is -1.88. The molecule has 1 amide bonds. The fourth-order valence-electron chi connectivity index (χ4n) is 1.43. The Balaban J connectivity index is 2.20. The van der Waals surface area contributed by atoms with Crippen molar-refractivity contribution in [2.24, 2.45) is 12.8 Å². The monoisotopic (exact) mass is 285 g/mol. The molecule has 10 nitrogen and oxygen atoms in total. The Kier molecular flexibility index (Phi) is 3.31. The van der Waals surface area contributed by atoms with E-state index in [1.54, 1.807) is 0 Å². The maximum Gasteiger partial charge on any atom is 0.265 e. The van der Waals surface area contributed by atoms with Crippen LogP contribution < -0.4 is 10.5 Å². The van der Waals surface area contributed by atoms with Gasteiger partial charge in [0, 0.05) is 13.2 Å². The van der Waals surface area contributed by atoms with Crippen LogP contribution in [0.1, 0.15) is 16.3 Å². The maximum absolute atomic E-state index is 12.0. The lowest BCUT2D eigenvalue weighted by Gasteiger charge is -2.01. The molecule has 11 heteroatoms. The minimum Gasteiger partial charge on any atom is -0.364 e. The maximum atomic E-state index is 12.0. The van der Waals surface area contributed by atoms with E-state index in [1.165, 1.54) is 23.9 Å². The van der Waals surface area contributed by atoms with Crippen LogP contribution in [0.3, 0.4) is 0 Å². The van der Waals surface area contributed by atoms with Gasteiger partial charge in [-0.25, -0.2) is 13.1 Å². The second kappa shape index (κ2) is 4.78. The van der Waals surface area contributed by atoms with Crippen LogP contribution in [-0.2, 0) is 23.6 Å². The van der Waals surface area contributed by atoms with E-state index in [0.717, 1.165) is 0 Å². The molecule has 102 valence electrons. The topological polar surface area (TPSA) is 149 Å². The van der Waals surface area contributed by atoms with Gasteiger partial charge in [0.15, 0.2) is 5.82 Å². The Morgan fingerprint density at radius 2 is 2.32 bits per heavy atom. The average Bonchev–Trinajstić information content (AvgIpc) is 2.95. The highest BCUT2D eigenvalue weighted by molar-refractivity contribution is 7.89. The van der Waals surface area contributed by atoms with Crippen molar-refractivity contribution in [3.63, 3.8) is 0 Å². The number of primary amides is 1. The normalized spacial score (nSPS) is 11.6. The van der Waals surface area contributed by atoms with Crippen LogP contribution in [-0.4, -0.2) is 39.5 Å². The standard InChI is InChI=1S/C8H11N7O3S/c1-15-4-5(2-6(15)8(9)16)19(17,18)10-3-7-11-13-14-12-7/h2,4,10H,3H2,1H3,(H2,9,16)(H,11,12,13,14). The zero-order chi connectivity index (χ0) is 14.0. The first kappa shape index (κ1) is 13.2. The van der Waals surface area contributed by atoms with Crippen molar-refractivity contribution < 1.29 is 13.2 Å². The Morgan fingerprint density at radius 3 is 2.84 bits per heavy atom. The number of nitrogens with one attached hydrogen (secondary N) is 2. The van der Waals surface area contributed by atoms with Gasteiger partial charge in [-0.15, -0.1) is 10.2 Å². The molecule has 0 aliphatic rings. The molecule has 0 fully saturated rings. The molecule has 0 spiro atoms. The summed E-state index contributed by atoms with van der Waals surface area (Å²) in [5, 5.41) is 12.7. The summed E-state index contributed by atoms with van der Waals surface area (Å²) in [6, 6.07) is 1.20. The van der Waals surface area contributed by atoms with Crippen molar-refractivity contribution in [1.29, 1.82) is 0 Å². The summed E-state index contributed by atoms with van der Waals surface area (Å²) in [5.74, 6) is -0.503. The number of nitrogens with zero attached hydrogens (tertiary/aromatic N) is 4. The van der Waals surface area contributed by atoms with Gasteiger partial charge in [0.05, 0.1) is 6.54 Å². The van der Waals surface area contributed by atoms with Crippen LogP contribution in [0.25, 0.3) is 0 Å². The number of aromatic nitrogens is 5. The van der Waals surface area contributed by atoms with E-state index in [0.29, 0.717) is 0 Å². The van der Waals surface area contributed by atoms with Gasteiger partial charge in [0.2, 0.25) is 10.0 Å². The average molecular weight is 285 g/mol. The largest absolute Gasteiger partial charge is 0.364 e. The van der Waals surface area contributed by atoms with E-state index in [9.17, 15) is 13.2 Å². The number of amides is 1. The van der Waals surface area contributed by atoms with Crippen molar-refractivity contribution in [3.05, 3.63) is 23.8 Å². The number of aryl methyl sites for hydroxylation is 1. The summed E-state index contributed by atoms with van der Waals surface area (Å²) >= 11 is 0. The van der Waals surface area contributed by atoms with Gasteiger partial charge in [-0.3, -0.25) is 4.79 Å². The lowest BCUT2D eigenvalue weighted by molar-refractivity contribution is 0.0992. The Bertz CT molecular complexity index is 688. The molecule has 0 aliphatic carbocycles. The highest BCUT2D eigenvalue weighted by Gasteiger charge is 2.19. The third kappa shape index (κ3) is 2.77. The van der Waals surface area contributed by atoms with E-state index < -0.39 is 15.9 Å². The summed E-state index contributed by atoms with van der Waals surface area (Å²) in [6.45, 7) is -0.111. The van der Waals surface area contributed by atoms with E-state index >= 15 is 0 Å². The third-order valence-corrected chi connectivity index (χ3v) is 3.72. The first-order valence-corrected chi connectivity index (χ1v) is 6.56. The molecule has 4 N–H and O–H groups in total. The second-order valence-corrected chi connectivity index (χ2v) is 5.46. The number of aromatic amines is 1. The highest BCUT2D eigenvalue weighted by atomic mass is 32.2. The smallest absolute Gasteiger partial charge is 0.265 e. The van der Waals surface area contributed by atoms with Crippen LogP contribution in [0.5, 0.6) is 0 Å². The molecule has 2 aromatic rings. The molecular weight excluding hydrogens is 274 g/mol. The van der Waals surface area contributed by atoms with Crippen molar-refractivity contribution in [1.82, 2.24) is 29.9 Å². The molecular formula is C8H11N7O3S. The highest BCUT2D eigenvalue weighted by Crippen LogP contribution is 2.13.